The summed E-state index contributed by atoms with van der Waals surface area (Å²) in [6.45, 7) is 3.76. The van der Waals surface area contributed by atoms with E-state index in [1.54, 1.807) is 0 Å². The molecule has 0 aliphatic carbocycles. The molecule has 2 unspecified atom stereocenters. The van der Waals surface area contributed by atoms with Gasteiger partial charge in [-0.1, -0.05) is 13.8 Å². The third-order valence-electron chi connectivity index (χ3n) is 4.41. The SMILES string of the molecule is CC(C)CC(NC(=O)CNC(=O)C1CCN1c1ccc(C(F)(F)F)nn1)B(O)O. The van der Waals surface area contributed by atoms with E-state index in [2.05, 4.69) is 20.8 Å². The first kappa shape index (κ1) is 22.9. The van der Waals surface area contributed by atoms with Crippen LogP contribution in [0.3, 0.4) is 0 Å². The molecule has 13 heteroatoms. The number of rotatable bonds is 8. The van der Waals surface area contributed by atoms with Gasteiger partial charge in [-0.3, -0.25) is 9.59 Å². The number of alkyl halides is 3. The van der Waals surface area contributed by atoms with E-state index < -0.39 is 42.8 Å². The fourth-order valence-corrected chi connectivity index (χ4v) is 2.87. The topological polar surface area (TPSA) is 128 Å². The molecular weight excluding hydrogens is 394 g/mol. The summed E-state index contributed by atoms with van der Waals surface area (Å²) in [6.07, 6.45) is -3.80. The van der Waals surface area contributed by atoms with Crippen LogP contribution < -0.4 is 15.5 Å². The van der Waals surface area contributed by atoms with Crippen molar-refractivity contribution in [2.24, 2.45) is 5.92 Å². The van der Waals surface area contributed by atoms with E-state index in [0.717, 1.165) is 12.1 Å². The molecule has 160 valence electrons. The number of hydrogen-bond donors (Lipinski definition) is 4. The first-order chi connectivity index (χ1) is 13.5. The van der Waals surface area contributed by atoms with Crippen molar-refractivity contribution in [2.75, 3.05) is 18.0 Å². The van der Waals surface area contributed by atoms with Crippen molar-refractivity contribution in [2.45, 2.75) is 44.8 Å². The predicted octanol–water partition coefficient (Wildman–Crippen LogP) is -0.267. The molecule has 0 spiro atoms. The van der Waals surface area contributed by atoms with E-state index in [4.69, 9.17) is 0 Å². The van der Waals surface area contributed by atoms with Gasteiger partial charge in [-0.15, -0.1) is 10.2 Å². The van der Waals surface area contributed by atoms with E-state index in [1.165, 1.54) is 4.90 Å². The van der Waals surface area contributed by atoms with Gasteiger partial charge in [-0.05, 0) is 30.9 Å². The van der Waals surface area contributed by atoms with E-state index in [0.29, 0.717) is 19.4 Å². The number of amides is 2. The second-order valence-electron chi connectivity index (χ2n) is 7.21. The molecule has 2 rings (SSSR count). The largest absolute Gasteiger partial charge is 0.475 e. The van der Waals surface area contributed by atoms with Crippen LogP contribution in [0.5, 0.6) is 0 Å². The van der Waals surface area contributed by atoms with E-state index in [1.807, 2.05) is 13.8 Å². The summed E-state index contributed by atoms with van der Waals surface area (Å²) in [4.78, 5) is 25.7. The summed E-state index contributed by atoms with van der Waals surface area (Å²) in [5, 5.41) is 30.2. The fourth-order valence-electron chi connectivity index (χ4n) is 2.87. The maximum absolute atomic E-state index is 12.6. The summed E-state index contributed by atoms with van der Waals surface area (Å²) >= 11 is 0. The fraction of sp³-hybridized carbons (Fsp3) is 0.625. The molecule has 0 saturated carbocycles. The lowest BCUT2D eigenvalue weighted by Gasteiger charge is -2.40. The number of carbonyl (C=O) groups is 2. The first-order valence-electron chi connectivity index (χ1n) is 9.09. The molecule has 0 bridgehead atoms. The molecule has 0 aromatic carbocycles. The van der Waals surface area contributed by atoms with Crippen molar-refractivity contribution in [3.8, 4) is 0 Å². The van der Waals surface area contributed by atoms with Gasteiger partial charge < -0.3 is 25.6 Å². The zero-order chi connectivity index (χ0) is 21.8. The number of nitrogens with one attached hydrogen (secondary N) is 2. The number of carbonyl (C=O) groups excluding carboxylic acids is 2. The Morgan fingerprint density at radius 3 is 2.45 bits per heavy atom. The summed E-state index contributed by atoms with van der Waals surface area (Å²) in [5.41, 5.74) is -1.12. The zero-order valence-electron chi connectivity index (χ0n) is 16.0. The summed E-state index contributed by atoms with van der Waals surface area (Å²) in [7, 11) is -1.72. The maximum atomic E-state index is 12.6. The molecular formula is C16H23BF3N5O4. The van der Waals surface area contributed by atoms with Gasteiger partial charge >= 0.3 is 13.3 Å². The number of halogens is 3. The van der Waals surface area contributed by atoms with Crippen LogP contribution in [0, 0.1) is 5.92 Å². The van der Waals surface area contributed by atoms with Crippen molar-refractivity contribution in [3.05, 3.63) is 17.8 Å². The molecule has 2 atom stereocenters. The summed E-state index contributed by atoms with van der Waals surface area (Å²) < 4.78 is 37.7. The second kappa shape index (κ2) is 9.40. The van der Waals surface area contributed by atoms with Gasteiger partial charge in [0, 0.05) is 6.54 Å². The number of anilines is 1. The van der Waals surface area contributed by atoms with Crippen molar-refractivity contribution in [3.63, 3.8) is 0 Å². The lowest BCUT2D eigenvalue weighted by molar-refractivity contribution is -0.141. The van der Waals surface area contributed by atoms with Crippen LogP contribution in [0.1, 0.15) is 32.4 Å². The van der Waals surface area contributed by atoms with Gasteiger partial charge in [0.1, 0.15) is 6.04 Å². The number of nitrogens with zero attached hydrogens (tertiary/aromatic N) is 3. The number of aromatic nitrogens is 2. The monoisotopic (exact) mass is 417 g/mol. The van der Waals surface area contributed by atoms with E-state index in [-0.39, 0.29) is 18.3 Å². The molecule has 2 heterocycles. The Bertz CT molecular complexity index is 718. The van der Waals surface area contributed by atoms with Crippen LogP contribution in [0.4, 0.5) is 19.0 Å². The normalized spacial score (nSPS) is 17.5. The lowest BCUT2D eigenvalue weighted by atomic mass is 9.75. The highest BCUT2D eigenvalue weighted by Crippen LogP contribution is 2.29. The summed E-state index contributed by atoms with van der Waals surface area (Å²) in [6, 6.07) is 1.25. The average Bonchev–Trinajstić information content (AvgIpc) is 2.57. The standard InChI is InChI=1S/C16H23BF3N5O4/c1-9(2)7-12(17(28)29)22-14(26)8-21-15(27)10-5-6-25(10)13-4-3-11(23-24-13)16(18,19)20/h3-4,9-10,12,28-29H,5-8H2,1-2H3,(H,21,27)(H,22,26). The molecule has 4 N–H and O–H groups in total. The smallest absolute Gasteiger partial charge is 0.426 e. The zero-order valence-corrected chi connectivity index (χ0v) is 16.0. The van der Waals surface area contributed by atoms with Crippen LogP contribution in [0.2, 0.25) is 0 Å². The molecule has 1 aromatic heterocycles. The van der Waals surface area contributed by atoms with Crippen molar-refractivity contribution in [1.29, 1.82) is 0 Å². The molecule has 1 aliphatic heterocycles. The molecule has 29 heavy (non-hydrogen) atoms. The molecule has 2 amide bonds. The van der Waals surface area contributed by atoms with Gasteiger partial charge in [-0.2, -0.15) is 13.2 Å². The highest BCUT2D eigenvalue weighted by molar-refractivity contribution is 6.43. The molecule has 1 aliphatic rings. The average molecular weight is 417 g/mol. The van der Waals surface area contributed by atoms with E-state index in [9.17, 15) is 32.8 Å². The van der Waals surface area contributed by atoms with Crippen molar-refractivity contribution >= 4 is 24.8 Å². The Morgan fingerprint density at radius 1 is 1.31 bits per heavy atom. The predicted molar refractivity (Wildman–Crippen MR) is 97.4 cm³/mol. The minimum Gasteiger partial charge on any atom is -0.426 e. The van der Waals surface area contributed by atoms with Gasteiger partial charge in [0.25, 0.3) is 0 Å². The van der Waals surface area contributed by atoms with Gasteiger partial charge in [-0.25, -0.2) is 0 Å². The van der Waals surface area contributed by atoms with E-state index >= 15 is 0 Å². The maximum Gasteiger partial charge on any atom is 0.475 e. The van der Waals surface area contributed by atoms with Crippen molar-refractivity contribution < 1.29 is 32.8 Å². The minimum absolute atomic E-state index is 0.116. The Hall–Kier alpha value is -2.41. The molecule has 1 aromatic rings. The van der Waals surface area contributed by atoms with Gasteiger partial charge in [0.15, 0.2) is 11.5 Å². The lowest BCUT2D eigenvalue weighted by Crippen LogP contribution is -2.58. The van der Waals surface area contributed by atoms with Crippen molar-refractivity contribution in [1.82, 2.24) is 20.8 Å². The Kier molecular flexibility index (Phi) is 7.41. The molecule has 1 fully saturated rings. The van der Waals surface area contributed by atoms with Crippen LogP contribution in [-0.4, -0.2) is 64.3 Å². The van der Waals surface area contributed by atoms with Crippen LogP contribution in [0.15, 0.2) is 12.1 Å². The third-order valence-corrected chi connectivity index (χ3v) is 4.41. The highest BCUT2D eigenvalue weighted by Gasteiger charge is 2.37. The molecule has 0 radical (unpaired) electrons. The summed E-state index contributed by atoms with van der Waals surface area (Å²) in [5.74, 6) is -1.68. The number of hydrogen-bond acceptors (Lipinski definition) is 7. The third kappa shape index (κ3) is 6.29. The Morgan fingerprint density at radius 2 is 2.00 bits per heavy atom. The quantitative estimate of drug-likeness (QED) is 0.429. The van der Waals surface area contributed by atoms with Crippen LogP contribution in [0.25, 0.3) is 0 Å². The highest BCUT2D eigenvalue weighted by atomic mass is 19.4. The van der Waals surface area contributed by atoms with Gasteiger partial charge in [0.05, 0.1) is 12.5 Å². The Labute approximate surface area is 165 Å². The first-order valence-corrected chi connectivity index (χ1v) is 9.09. The molecule has 9 nitrogen and oxygen atoms in total. The minimum atomic E-state index is -4.60. The van der Waals surface area contributed by atoms with Crippen LogP contribution >= 0.6 is 0 Å². The van der Waals surface area contributed by atoms with Gasteiger partial charge in [0.2, 0.25) is 11.8 Å². The Balaban J connectivity index is 1.87. The molecule has 1 saturated heterocycles. The second-order valence-corrected chi connectivity index (χ2v) is 7.21. The van der Waals surface area contributed by atoms with Crippen LogP contribution in [-0.2, 0) is 15.8 Å².